The summed E-state index contributed by atoms with van der Waals surface area (Å²) in [6.45, 7) is 6.90. The summed E-state index contributed by atoms with van der Waals surface area (Å²) in [7, 11) is 0. The van der Waals surface area contributed by atoms with E-state index in [2.05, 4.69) is 0 Å². The van der Waals surface area contributed by atoms with Crippen LogP contribution in [-0.2, 0) is 4.79 Å². The molecule has 4 nitrogen and oxygen atoms in total. The van der Waals surface area contributed by atoms with Crippen molar-refractivity contribution in [3.05, 3.63) is 11.6 Å². The van der Waals surface area contributed by atoms with Crippen LogP contribution in [0.5, 0.6) is 0 Å². The number of hydrogen-bond acceptors (Lipinski definition) is 4. The molecule has 4 heteroatoms. The standard InChI is InChI=1S/C15H24O4/c1-8-5-11(16)10-6-9(8)15(10,4)7-12(17)13(18)14(2,3)19/h5,9-10,12-13,17-19H,6-7H2,1-4H3/t9-,10+,12+,13-,15-/m0/s1. The van der Waals surface area contributed by atoms with Crippen LogP contribution in [0.4, 0.5) is 0 Å². The monoisotopic (exact) mass is 268 g/mol. The van der Waals surface area contributed by atoms with Gasteiger partial charge in [0, 0.05) is 5.92 Å². The van der Waals surface area contributed by atoms with Crippen molar-refractivity contribution >= 4 is 5.78 Å². The Morgan fingerprint density at radius 2 is 2.00 bits per heavy atom. The van der Waals surface area contributed by atoms with E-state index >= 15 is 0 Å². The normalized spacial score (nSPS) is 37.4. The predicted molar refractivity (Wildman–Crippen MR) is 71.4 cm³/mol. The van der Waals surface area contributed by atoms with Gasteiger partial charge in [0.1, 0.15) is 6.10 Å². The van der Waals surface area contributed by atoms with Crippen LogP contribution in [-0.4, -0.2) is 38.9 Å². The van der Waals surface area contributed by atoms with Gasteiger partial charge in [-0.1, -0.05) is 12.5 Å². The van der Waals surface area contributed by atoms with E-state index in [4.69, 9.17) is 0 Å². The highest BCUT2D eigenvalue weighted by Gasteiger charge is 2.58. The first-order valence-electron chi connectivity index (χ1n) is 6.88. The Hall–Kier alpha value is -0.710. The third-order valence-corrected chi connectivity index (χ3v) is 5.06. The molecule has 1 fully saturated rings. The maximum atomic E-state index is 11.9. The second-order valence-electron chi connectivity index (χ2n) is 7.01. The lowest BCUT2D eigenvalue weighted by atomic mass is 9.46. The number of hydrogen-bond donors (Lipinski definition) is 3. The largest absolute Gasteiger partial charge is 0.390 e. The Morgan fingerprint density at radius 1 is 1.42 bits per heavy atom. The number of aliphatic hydroxyl groups excluding tert-OH is 2. The summed E-state index contributed by atoms with van der Waals surface area (Å²) >= 11 is 0. The van der Waals surface area contributed by atoms with Crippen molar-refractivity contribution in [3.8, 4) is 0 Å². The Bertz CT molecular complexity index is 420. The molecule has 0 radical (unpaired) electrons. The quantitative estimate of drug-likeness (QED) is 0.712. The fourth-order valence-corrected chi connectivity index (χ4v) is 3.75. The zero-order valence-electron chi connectivity index (χ0n) is 12.1. The lowest BCUT2D eigenvalue weighted by molar-refractivity contribution is -0.153. The van der Waals surface area contributed by atoms with Crippen LogP contribution >= 0.6 is 0 Å². The molecule has 0 spiro atoms. The summed E-state index contributed by atoms with van der Waals surface area (Å²) in [6, 6.07) is 0. The smallest absolute Gasteiger partial charge is 0.159 e. The number of fused-ring (bicyclic) bond motifs is 1. The molecule has 2 bridgehead atoms. The highest BCUT2D eigenvalue weighted by atomic mass is 16.4. The summed E-state index contributed by atoms with van der Waals surface area (Å²) < 4.78 is 0. The minimum absolute atomic E-state index is 0.0511. The van der Waals surface area contributed by atoms with Crippen LogP contribution in [0.25, 0.3) is 0 Å². The third-order valence-electron chi connectivity index (χ3n) is 5.06. The van der Waals surface area contributed by atoms with Gasteiger partial charge in [-0.25, -0.2) is 0 Å². The van der Waals surface area contributed by atoms with Gasteiger partial charge in [0.25, 0.3) is 0 Å². The van der Waals surface area contributed by atoms with Crippen LogP contribution in [0.3, 0.4) is 0 Å². The van der Waals surface area contributed by atoms with E-state index in [1.807, 2.05) is 13.8 Å². The summed E-state index contributed by atoms with van der Waals surface area (Å²) in [5.41, 5.74) is -0.564. The van der Waals surface area contributed by atoms with E-state index in [0.29, 0.717) is 12.3 Å². The lowest BCUT2D eigenvalue weighted by Gasteiger charge is -2.57. The van der Waals surface area contributed by atoms with Crippen molar-refractivity contribution in [2.75, 3.05) is 0 Å². The molecule has 108 valence electrons. The molecule has 0 amide bonds. The van der Waals surface area contributed by atoms with Crippen LogP contribution in [0, 0.1) is 17.3 Å². The van der Waals surface area contributed by atoms with Gasteiger partial charge in [-0.3, -0.25) is 4.79 Å². The van der Waals surface area contributed by atoms with E-state index in [-0.39, 0.29) is 17.1 Å². The zero-order chi connectivity index (χ0) is 14.6. The van der Waals surface area contributed by atoms with E-state index in [1.54, 1.807) is 6.08 Å². The molecule has 19 heavy (non-hydrogen) atoms. The molecule has 1 saturated carbocycles. The van der Waals surface area contributed by atoms with Crippen LogP contribution < -0.4 is 0 Å². The SMILES string of the molecule is CC1=CC(=O)[C@H]2C[C@@H]1[C@]2(C)C[C@@H](O)[C@H](O)C(C)(C)O. The molecule has 0 aromatic rings. The highest BCUT2D eigenvalue weighted by molar-refractivity contribution is 5.95. The van der Waals surface area contributed by atoms with Gasteiger partial charge in [0.05, 0.1) is 11.7 Å². The maximum absolute atomic E-state index is 11.9. The fraction of sp³-hybridized carbons (Fsp3) is 0.800. The van der Waals surface area contributed by atoms with Crippen LogP contribution in [0.15, 0.2) is 11.6 Å². The number of allylic oxidation sites excluding steroid dienone is 2. The Labute approximate surface area is 114 Å². The predicted octanol–water partition coefficient (Wildman–Crippen LogP) is 1.04. The number of ketones is 1. The summed E-state index contributed by atoms with van der Waals surface area (Å²) in [5, 5.41) is 29.8. The van der Waals surface area contributed by atoms with Gasteiger partial charge in [-0.15, -0.1) is 0 Å². The third kappa shape index (κ3) is 2.26. The molecule has 0 aromatic heterocycles. The first kappa shape index (κ1) is 14.7. The zero-order valence-corrected chi connectivity index (χ0v) is 12.1. The molecule has 0 unspecified atom stereocenters. The molecule has 0 heterocycles. The molecule has 0 aliphatic heterocycles. The number of rotatable bonds is 4. The van der Waals surface area contributed by atoms with E-state index in [9.17, 15) is 20.1 Å². The van der Waals surface area contributed by atoms with Crippen molar-refractivity contribution in [3.63, 3.8) is 0 Å². The topological polar surface area (TPSA) is 77.8 Å². The van der Waals surface area contributed by atoms with Gasteiger partial charge >= 0.3 is 0 Å². The van der Waals surface area contributed by atoms with Crippen molar-refractivity contribution < 1.29 is 20.1 Å². The highest BCUT2D eigenvalue weighted by Crippen LogP contribution is 2.60. The first-order valence-corrected chi connectivity index (χ1v) is 6.88. The van der Waals surface area contributed by atoms with E-state index in [0.717, 1.165) is 12.0 Å². The van der Waals surface area contributed by atoms with Crippen molar-refractivity contribution in [1.29, 1.82) is 0 Å². The molecular formula is C15H24O4. The summed E-state index contributed by atoms with van der Waals surface area (Å²) in [5.74, 6) is 0.385. The Balaban J connectivity index is 2.12. The second kappa shape index (κ2) is 4.40. The van der Waals surface area contributed by atoms with Crippen LogP contribution in [0.2, 0.25) is 0 Å². The summed E-state index contributed by atoms with van der Waals surface area (Å²) in [6.07, 6.45) is 0.673. The number of carbonyl (C=O) groups excluding carboxylic acids is 1. The first-order chi connectivity index (χ1) is 8.57. The van der Waals surface area contributed by atoms with Gasteiger partial charge < -0.3 is 15.3 Å². The van der Waals surface area contributed by atoms with Gasteiger partial charge in [0.2, 0.25) is 0 Å². The molecule has 3 rings (SSSR count). The average Bonchev–Trinajstić information content (AvgIpc) is 2.24. The minimum atomic E-state index is -1.34. The fourth-order valence-electron chi connectivity index (χ4n) is 3.75. The van der Waals surface area contributed by atoms with Crippen molar-refractivity contribution in [1.82, 2.24) is 0 Å². The van der Waals surface area contributed by atoms with E-state index in [1.165, 1.54) is 13.8 Å². The van der Waals surface area contributed by atoms with E-state index < -0.39 is 17.8 Å². The number of carbonyl (C=O) groups is 1. The molecule has 3 N–H and O–H groups in total. The maximum Gasteiger partial charge on any atom is 0.159 e. The minimum Gasteiger partial charge on any atom is -0.390 e. The Morgan fingerprint density at radius 3 is 2.42 bits per heavy atom. The van der Waals surface area contributed by atoms with Gasteiger partial charge in [-0.2, -0.15) is 0 Å². The average molecular weight is 268 g/mol. The van der Waals surface area contributed by atoms with Gasteiger partial charge in [0.15, 0.2) is 5.78 Å². The lowest BCUT2D eigenvalue weighted by Crippen LogP contribution is -2.57. The molecule has 3 aliphatic carbocycles. The summed E-state index contributed by atoms with van der Waals surface area (Å²) in [4.78, 5) is 11.9. The van der Waals surface area contributed by atoms with Crippen molar-refractivity contribution in [2.24, 2.45) is 17.3 Å². The number of aliphatic hydroxyl groups is 3. The molecule has 0 saturated heterocycles. The van der Waals surface area contributed by atoms with Gasteiger partial charge in [-0.05, 0) is 51.0 Å². The second-order valence-corrected chi connectivity index (χ2v) is 7.01. The molecular weight excluding hydrogens is 244 g/mol. The molecule has 5 atom stereocenters. The van der Waals surface area contributed by atoms with Crippen LogP contribution in [0.1, 0.15) is 40.5 Å². The molecule has 3 aliphatic rings. The Kier molecular flexibility index (Phi) is 3.40. The molecule has 0 aromatic carbocycles. The van der Waals surface area contributed by atoms with Crippen molar-refractivity contribution in [2.45, 2.75) is 58.3 Å².